The van der Waals surface area contributed by atoms with Crippen LogP contribution >= 0.6 is 0 Å². The van der Waals surface area contributed by atoms with Crippen LogP contribution in [0.25, 0.3) is 0 Å². The van der Waals surface area contributed by atoms with Crippen LogP contribution in [0.1, 0.15) is 21.5 Å². The SMILES string of the molecule is CNC(=O)c1ccccc1Nc1cc(Nc2ccc(C)cc2OC)ncc1C(F)(F)F. The van der Waals surface area contributed by atoms with E-state index < -0.39 is 17.6 Å². The van der Waals surface area contributed by atoms with Crippen molar-refractivity contribution in [3.05, 3.63) is 71.4 Å². The van der Waals surface area contributed by atoms with Crippen LogP contribution in [0.2, 0.25) is 0 Å². The number of rotatable bonds is 6. The molecule has 1 aromatic heterocycles. The predicted molar refractivity (Wildman–Crippen MR) is 113 cm³/mol. The number of carbonyl (C=O) groups is 1. The van der Waals surface area contributed by atoms with Crippen molar-refractivity contribution < 1.29 is 22.7 Å². The van der Waals surface area contributed by atoms with E-state index in [2.05, 4.69) is 20.9 Å². The van der Waals surface area contributed by atoms with Gasteiger partial charge in [-0.1, -0.05) is 18.2 Å². The molecule has 3 N–H and O–H groups in total. The van der Waals surface area contributed by atoms with E-state index in [4.69, 9.17) is 4.74 Å². The molecule has 2 aromatic carbocycles. The van der Waals surface area contributed by atoms with Gasteiger partial charge in [-0.3, -0.25) is 4.79 Å². The van der Waals surface area contributed by atoms with Crippen LogP contribution in [0.4, 0.5) is 36.1 Å². The fourth-order valence-corrected chi connectivity index (χ4v) is 2.96. The second-order valence-electron chi connectivity index (χ2n) is 6.69. The van der Waals surface area contributed by atoms with Crippen LogP contribution in [-0.2, 0) is 6.18 Å². The van der Waals surface area contributed by atoms with Crippen molar-refractivity contribution in [3.8, 4) is 5.75 Å². The molecule has 0 atom stereocenters. The molecule has 0 aliphatic heterocycles. The van der Waals surface area contributed by atoms with Crippen LogP contribution in [0.3, 0.4) is 0 Å². The molecule has 3 aromatic rings. The van der Waals surface area contributed by atoms with Crippen LogP contribution in [-0.4, -0.2) is 25.0 Å². The standard InChI is InChI=1S/C22H21F3N4O2/c1-13-8-9-17(19(10-13)31-3)29-20-11-18(15(12-27-20)22(23,24)25)28-16-7-5-4-6-14(16)21(30)26-2/h4-12H,1-3H3,(H,26,30)(H2,27,28,29). The summed E-state index contributed by atoms with van der Waals surface area (Å²) in [7, 11) is 2.95. The minimum absolute atomic E-state index is 0.176. The Morgan fingerprint density at radius 2 is 1.74 bits per heavy atom. The molecule has 0 aliphatic rings. The summed E-state index contributed by atoms with van der Waals surface area (Å²) in [4.78, 5) is 16.0. The fraction of sp³-hybridized carbons (Fsp3) is 0.182. The highest BCUT2D eigenvalue weighted by atomic mass is 19.4. The number of methoxy groups -OCH3 is 1. The maximum atomic E-state index is 13.6. The Hall–Kier alpha value is -3.75. The smallest absolute Gasteiger partial charge is 0.419 e. The predicted octanol–water partition coefficient (Wildman–Crippen LogP) is 5.26. The lowest BCUT2D eigenvalue weighted by Crippen LogP contribution is -2.19. The maximum absolute atomic E-state index is 13.6. The largest absolute Gasteiger partial charge is 0.495 e. The molecule has 1 heterocycles. The zero-order chi connectivity index (χ0) is 22.6. The summed E-state index contributed by atoms with van der Waals surface area (Å²) in [6, 6.07) is 12.9. The van der Waals surface area contributed by atoms with Crippen molar-refractivity contribution in [1.29, 1.82) is 0 Å². The Balaban J connectivity index is 2.02. The van der Waals surface area contributed by atoms with Gasteiger partial charge in [-0.2, -0.15) is 13.2 Å². The van der Waals surface area contributed by atoms with Crippen LogP contribution < -0.4 is 20.7 Å². The van der Waals surface area contributed by atoms with Crippen molar-refractivity contribution in [3.63, 3.8) is 0 Å². The molecule has 1 amide bonds. The average molecular weight is 430 g/mol. The third-order valence-corrected chi connectivity index (χ3v) is 4.50. The molecular weight excluding hydrogens is 409 g/mol. The molecule has 9 heteroatoms. The normalized spacial score (nSPS) is 11.0. The van der Waals surface area contributed by atoms with E-state index in [0.29, 0.717) is 11.4 Å². The van der Waals surface area contributed by atoms with Gasteiger partial charge in [-0.15, -0.1) is 0 Å². The van der Waals surface area contributed by atoms with Gasteiger partial charge >= 0.3 is 6.18 Å². The molecule has 0 aliphatic carbocycles. The molecule has 0 saturated carbocycles. The number of halogens is 3. The van der Waals surface area contributed by atoms with E-state index in [9.17, 15) is 18.0 Å². The Morgan fingerprint density at radius 1 is 1.00 bits per heavy atom. The second kappa shape index (κ2) is 8.95. The summed E-state index contributed by atoms with van der Waals surface area (Å²) in [5, 5.41) is 8.19. The number of nitrogens with one attached hydrogen (secondary N) is 3. The van der Waals surface area contributed by atoms with Crippen molar-refractivity contribution in [1.82, 2.24) is 10.3 Å². The van der Waals surface area contributed by atoms with E-state index in [1.165, 1.54) is 32.4 Å². The molecule has 0 spiro atoms. The number of nitrogens with zero attached hydrogens (tertiary/aromatic N) is 1. The number of anilines is 4. The highest BCUT2D eigenvalue weighted by Gasteiger charge is 2.34. The van der Waals surface area contributed by atoms with Gasteiger partial charge in [0.05, 0.1) is 35.3 Å². The first-order chi connectivity index (χ1) is 14.7. The van der Waals surface area contributed by atoms with E-state index in [0.717, 1.165) is 11.8 Å². The summed E-state index contributed by atoms with van der Waals surface area (Å²) in [6.45, 7) is 1.90. The van der Waals surface area contributed by atoms with Gasteiger partial charge in [0.15, 0.2) is 0 Å². The summed E-state index contributed by atoms with van der Waals surface area (Å²) >= 11 is 0. The lowest BCUT2D eigenvalue weighted by molar-refractivity contribution is -0.137. The highest BCUT2D eigenvalue weighted by Crippen LogP contribution is 2.38. The molecule has 3 rings (SSSR count). The molecule has 0 saturated heterocycles. The van der Waals surface area contributed by atoms with Gasteiger partial charge in [0, 0.05) is 19.3 Å². The number of benzene rings is 2. The minimum Gasteiger partial charge on any atom is -0.495 e. The van der Waals surface area contributed by atoms with E-state index in [1.54, 1.807) is 24.3 Å². The number of alkyl halides is 3. The Kier molecular flexibility index (Phi) is 6.33. The highest BCUT2D eigenvalue weighted by molar-refractivity contribution is 6.00. The van der Waals surface area contributed by atoms with Gasteiger partial charge in [0.25, 0.3) is 5.91 Å². The van der Waals surface area contributed by atoms with Crippen LogP contribution in [0.5, 0.6) is 5.75 Å². The fourth-order valence-electron chi connectivity index (χ4n) is 2.96. The number of para-hydroxylation sites is 1. The third-order valence-electron chi connectivity index (χ3n) is 4.50. The van der Waals surface area contributed by atoms with E-state index >= 15 is 0 Å². The summed E-state index contributed by atoms with van der Waals surface area (Å²) in [5.74, 6) is 0.282. The number of hydrogen-bond acceptors (Lipinski definition) is 5. The number of ether oxygens (including phenoxy) is 1. The quantitative estimate of drug-likeness (QED) is 0.497. The molecular formula is C22H21F3N4O2. The van der Waals surface area contributed by atoms with Gasteiger partial charge in [0.1, 0.15) is 11.6 Å². The lowest BCUT2D eigenvalue weighted by Gasteiger charge is -2.18. The number of pyridine rings is 1. The first kappa shape index (κ1) is 21.9. The number of aryl methyl sites for hydroxylation is 1. The van der Waals surface area contributed by atoms with Crippen molar-refractivity contribution in [2.45, 2.75) is 13.1 Å². The zero-order valence-electron chi connectivity index (χ0n) is 17.1. The van der Waals surface area contributed by atoms with Gasteiger partial charge in [0.2, 0.25) is 0 Å². The van der Waals surface area contributed by atoms with Gasteiger partial charge in [-0.25, -0.2) is 4.98 Å². The van der Waals surface area contributed by atoms with Crippen molar-refractivity contribution >= 4 is 28.8 Å². The molecule has 0 fully saturated rings. The topological polar surface area (TPSA) is 75.3 Å². The van der Waals surface area contributed by atoms with E-state index in [1.807, 2.05) is 13.0 Å². The molecule has 0 bridgehead atoms. The summed E-state index contributed by atoms with van der Waals surface area (Å²) in [6.07, 6.45) is -3.90. The number of aromatic nitrogens is 1. The minimum atomic E-state index is -4.64. The maximum Gasteiger partial charge on any atom is 0.419 e. The van der Waals surface area contributed by atoms with Crippen LogP contribution in [0, 0.1) is 6.92 Å². The van der Waals surface area contributed by atoms with Crippen molar-refractivity contribution in [2.24, 2.45) is 0 Å². The number of amides is 1. The number of hydrogen-bond donors (Lipinski definition) is 3. The van der Waals surface area contributed by atoms with Crippen molar-refractivity contribution in [2.75, 3.05) is 24.8 Å². The lowest BCUT2D eigenvalue weighted by atomic mass is 10.1. The number of carbonyl (C=O) groups excluding carboxylic acids is 1. The van der Waals surface area contributed by atoms with Crippen LogP contribution in [0.15, 0.2) is 54.7 Å². The molecule has 0 unspecified atom stereocenters. The first-order valence-electron chi connectivity index (χ1n) is 9.30. The summed E-state index contributed by atoms with van der Waals surface area (Å²) in [5.41, 5.74) is 0.767. The average Bonchev–Trinajstić information content (AvgIpc) is 2.74. The van der Waals surface area contributed by atoms with Gasteiger partial charge < -0.3 is 20.7 Å². The second-order valence-corrected chi connectivity index (χ2v) is 6.69. The third kappa shape index (κ3) is 5.06. The van der Waals surface area contributed by atoms with E-state index in [-0.39, 0.29) is 22.8 Å². The van der Waals surface area contributed by atoms with Gasteiger partial charge in [-0.05, 0) is 36.8 Å². The Morgan fingerprint density at radius 3 is 2.42 bits per heavy atom. The zero-order valence-corrected chi connectivity index (χ0v) is 17.1. The molecule has 0 radical (unpaired) electrons. The molecule has 31 heavy (non-hydrogen) atoms. The Bertz CT molecular complexity index is 1100. The first-order valence-corrected chi connectivity index (χ1v) is 9.30. The molecule has 6 nitrogen and oxygen atoms in total. The summed E-state index contributed by atoms with van der Waals surface area (Å²) < 4.78 is 46.1. The monoisotopic (exact) mass is 430 g/mol. The Labute approximate surface area is 177 Å². The molecule has 162 valence electrons.